The van der Waals surface area contributed by atoms with Crippen LogP contribution in [0.4, 0.5) is 8.78 Å². The highest BCUT2D eigenvalue weighted by Gasteiger charge is 2.36. The van der Waals surface area contributed by atoms with Gasteiger partial charge in [0.2, 0.25) is 12.0 Å². The van der Waals surface area contributed by atoms with E-state index in [1.54, 1.807) is 0 Å². The Balaban J connectivity index is 2.35. The average Bonchev–Trinajstić information content (AvgIpc) is 2.14. The summed E-state index contributed by atoms with van der Waals surface area (Å²) in [5.74, 6) is -2.74. The molecule has 0 saturated heterocycles. The highest BCUT2D eigenvalue weighted by Crippen LogP contribution is 2.38. The standard InChI is InChI=1S/C10H15F2NO/c1-10(11,12)9-4-2-8(3-5-9)6-13-7-14/h8-9H,2-6H2,1H3. The van der Waals surface area contributed by atoms with E-state index in [1.165, 1.54) is 6.08 Å². The van der Waals surface area contributed by atoms with E-state index in [9.17, 15) is 13.6 Å². The second-order valence-electron chi connectivity index (χ2n) is 4.11. The van der Waals surface area contributed by atoms with Gasteiger partial charge in [-0.1, -0.05) is 0 Å². The van der Waals surface area contributed by atoms with Gasteiger partial charge in [0.15, 0.2) is 0 Å². The number of halogens is 2. The molecule has 1 aliphatic rings. The minimum Gasteiger partial charge on any atom is -0.211 e. The van der Waals surface area contributed by atoms with Crippen LogP contribution in [0.2, 0.25) is 0 Å². The predicted molar refractivity (Wildman–Crippen MR) is 49.1 cm³/mol. The van der Waals surface area contributed by atoms with Crippen molar-refractivity contribution < 1.29 is 13.6 Å². The molecule has 0 aromatic rings. The zero-order valence-corrected chi connectivity index (χ0v) is 8.30. The maximum Gasteiger partial charge on any atom is 0.248 e. The second-order valence-corrected chi connectivity index (χ2v) is 4.11. The van der Waals surface area contributed by atoms with Gasteiger partial charge in [0.05, 0.1) is 6.54 Å². The summed E-state index contributed by atoms with van der Waals surface area (Å²) in [7, 11) is 0. The van der Waals surface area contributed by atoms with Crippen LogP contribution in [0.15, 0.2) is 4.99 Å². The highest BCUT2D eigenvalue weighted by molar-refractivity contribution is 5.32. The molecule has 0 aliphatic heterocycles. The number of nitrogens with zero attached hydrogens (tertiary/aromatic N) is 1. The maximum atomic E-state index is 12.9. The zero-order valence-electron chi connectivity index (χ0n) is 8.30. The molecule has 0 heterocycles. The molecule has 1 rings (SSSR count). The highest BCUT2D eigenvalue weighted by atomic mass is 19.3. The quantitative estimate of drug-likeness (QED) is 0.512. The monoisotopic (exact) mass is 203 g/mol. The summed E-state index contributed by atoms with van der Waals surface area (Å²) >= 11 is 0. The molecule has 0 N–H and O–H groups in total. The van der Waals surface area contributed by atoms with E-state index in [1.807, 2.05) is 0 Å². The lowest BCUT2D eigenvalue weighted by atomic mass is 9.79. The van der Waals surface area contributed by atoms with Crippen LogP contribution >= 0.6 is 0 Å². The summed E-state index contributed by atoms with van der Waals surface area (Å²) < 4.78 is 25.8. The molecule has 0 amide bonds. The molecule has 0 aromatic carbocycles. The first-order chi connectivity index (χ1) is 6.54. The summed E-state index contributed by atoms with van der Waals surface area (Å²) in [6.45, 7) is 1.44. The number of rotatable bonds is 3. The number of hydrogen-bond donors (Lipinski definition) is 0. The molecule has 0 radical (unpaired) electrons. The summed E-state index contributed by atoms with van der Waals surface area (Å²) in [5, 5.41) is 0. The Hall–Kier alpha value is -0.760. The topological polar surface area (TPSA) is 29.4 Å². The molecule has 0 bridgehead atoms. The third-order valence-corrected chi connectivity index (χ3v) is 2.98. The number of hydrogen-bond acceptors (Lipinski definition) is 2. The van der Waals surface area contributed by atoms with Crippen molar-refractivity contribution in [2.45, 2.75) is 38.5 Å². The molecule has 0 aromatic heterocycles. The van der Waals surface area contributed by atoms with Crippen LogP contribution in [0, 0.1) is 11.8 Å². The molecule has 4 heteroatoms. The third kappa shape index (κ3) is 3.18. The lowest BCUT2D eigenvalue weighted by molar-refractivity contribution is -0.0573. The van der Waals surface area contributed by atoms with Crippen molar-refractivity contribution in [2.24, 2.45) is 16.8 Å². The Labute approximate surface area is 82.4 Å². The molecule has 1 aliphatic carbocycles. The van der Waals surface area contributed by atoms with Crippen LogP contribution in [-0.2, 0) is 4.79 Å². The van der Waals surface area contributed by atoms with Crippen molar-refractivity contribution in [2.75, 3.05) is 6.54 Å². The summed E-state index contributed by atoms with van der Waals surface area (Å²) in [5.41, 5.74) is 0. The van der Waals surface area contributed by atoms with Gasteiger partial charge in [0.25, 0.3) is 0 Å². The molecule has 0 atom stereocenters. The van der Waals surface area contributed by atoms with Crippen LogP contribution in [0.5, 0.6) is 0 Å². The van der Waals surface area contributed by atoms with Gasteiger partial charge in [-0.15, -0.1) is 0 Å². The Morgan fingerprint density at radius 3 is 2.36 bits per heavy atom. The second kappa shape index (κ2) is 4.65. The van der Waals surface area contributed by atoms with E-state index >= 15 is 0 Å². The molecular weight excluding hydrogens is 188 g/mol. The number of alkyl halides is 2. The number of isocyanates is 1. The van der Waals surface area contributed by atoms with Crippen molar-refractivity contribution in [3.05, 3.63) is 0 Å². The molecule has 14 heavy (non-hydrogen) atoms. The van der Waals surface area contributed by atoms with E-state index in [0.717, 1.165) is 19.8 Å². The fourth-order valence-electron chi connectivity index (χ4n) is 2.02. The van der Waals surface area contributed by atoms with Crippen molar-refractivity contribution in [1.29, 1.82) is 0 Å². The summed E-state index contributed by atoms with van der Waals surface area (Å²) in [6, 6.07) is 0. The van der Waals surface area contributed by atoms with Gasteiger partial charge in [-0.05, 0) is 38.5 Å². The molecule has 1 saturated carbocycles. The Morgan fingerprint density at radius 2 is 1.93 bits per heavy atom. The fourth-order valence-corrected chi connectivity index (χ4v) is 2.02. The van der Waals surface area contributed by atoms with Crippen molar-refractivity contribution in [3.8, 4) is 0 Å². The maximum absolute atomic E-state index is 12.9. The van der Waals surface area contributed by atoms with Gasteiger partial charge >= 0.3 is 0 Å². The van der Waals surface area contributed by atoms with E-state index < -0.39 is 11.8 Å². The molecule has 80 valence electrons. The number of aliphatic imine (C=N–C) groups is 1. The van der Waals surface area contributed by atoms with Gasteiger partial charge in [-0.2, -0.15) is 0 Å². The number of carbonyl (C=O) groups excluding carboxylic acids is 1. The van der Waals surface area contributed by atoms with Crippen molar-refractivity contribution in [3.63, 3.8) is 0 Å². The van der Waals surface area contributed by atoms with E-state index in [0.29, 0.717) is 25.3 Å². The Morgan fingerprint density at radius 1 is 1.36 bits per heavy atom. The first kappa shape index (κ1) is 11.3. The fraction of sp³-hybridized carbons (Fsp3) is 0.900. The molecule has 2 nitrogen and oxygen atoms in total. The normalized spacial score (nSPS) is 28.2. The Bertz CT molecular complexity index is 223. The van der Waals surface area contributed by atoms with Crippen LogP contribution in [-0.4, -0.2) is 18.5 Å². The van der Waals surface area contributed by atoms with Crippen LogP contribution in [0.1, 0.15) is 32.6 Å². The first-order valence-corrected chi connectivity index (χ1v) is 4.95. The predicted octanol–water partition coefficient (Wildman–Crippen LogP) is 2.78. The van der Waals surface area contributed by atoms with Gasteiger partial charge in [-0.25, -0.2) is 18.6 Å². The summed E-state index contributed by atoms with van der Waals surface area (Å²) in [6.07, 6.45) is 4.07. The van der Waals surface area contributed by atoms with E-state index in [-0.39, 0.29) is 0 Å². The van der Waals surface area contributed by atoms with Crippen LogP contribution < -0.4 is 0 Å². The minimum atomic E-state index is -2.56. The smallest absolute Gasteiger partial charge is 0.211 e. The first-order valence-electron chi connectivity index (χ1n) is 4.95. The SMILES string of the molecule is CC(F)(F)C1CCC(CN=C=O)CC1. The largest absolute Gasteiger partial charge is 0.248 e. The third-order valence-electron chi connectivity index (χ3n) is 2.98. The average molecular weight is 203 g/mol. The lowest BCUT2D eigenvalue weighted by Gasteiger charge is -2.30. The zero-order chi connectivity index (χ0) is 10.6. The van der Waals surface area contributed by atoms with Gasteiger partial charge in [-0.3, -0.25) is 0 Å². The lowest BCUT2D eigenvalue weighted by Crippen LogP contribution is -2.29. The summed E-state index contributed by atoms with van der Waals surface area (Å²) in [4.78, 5) is 13.3. The van der Waals surface area contributed by atoms with Gasteiger partial charge < -0.3 is 0 Å². The van der Waals surface area contributed by atoms with Gasteiger partial charge in [0, 0.05) is 5.92 Å². The Kier molecular flexibility index (Phi) is 3.76. The van der Waals surface area contributed by atoms with Crippen molar-refractivity contribution >= 4 is 6.08 Å². The van der Waals surface area contributed by atoms with Crippen LogP contribution in [0.25, 0.3) is 0 Å². The molecule has 1 fully saturated rings. The van der Waals surface area contributed by atoms with Gasteiger partial charge in [0.1, 0.15) is 0 Å². The molecule has 0 spiro atoms. The van der Waals surface area contributed by atoms with E-state index in [4.69, 9.17) is 0 Å². The minimum absolute atomic E-state index is 0.301. The van der Waals surface area contributed by atoms with E-state index in [2.05, 4.69) is 4.99 Å². The van der Waals surface area contributed by atoms with Crippen molar-refractivity contribution in [1.82, 2.24) is 0 Å². The molecule has 0 unspecified atom stereocenters. The molecular formula is C10H15F2NO. The van der Waals surface area contributed by atoms with Crippen LogP contribution in [0.3, 0.4) is 0 Å².